The van der Waals surface area contributed by atoms with Crippen LogP contribution in [0.5, 0.6) is 0 Å². The van der Waals surface area contributed by atoms with Crippen LogP contribution in [0.2, 0.25) is 0 Å². The standard InChI is InChI=1S/C11H16N6O3S/c1-5-21(18,19)17-7(11(2,3)4)10-14-9(16-20-10)8-12-6-13-15-8/h5-7,17H,1H2,2-4H3,(H,12,13,15). The lowest BCUT2D eigenvalue weighted by Crippen LogP contribution is -2.35. The van der Waals surface area contributed by atoms with Gasteiger partial charge in [0, 0.05) is 5.41 Å². The Morgan fingerprint density at radius 2 is 2.19 bits per heavy atom. The number of H-pyrrole nitrogens is 1. The number of rotatable bonds is 5. The molecule has 0 saturated carbocycles. The third kappa shape index (κ3) is 3.52. The van der Waals surface area contributed by atoms with Crippen molar-refractivity contribution in [3.05, 3.63) is 24.2 Å². The molecule has 2 rings (SSSR count). The van der Waals surface area contributed by atoms with Crippen LogP contribution in [0.3, 0.4) is 0 Å². The van der Waals surface area contributed by atoms with E-state index in [1.54, 1.807) is 0 Å². The van der Waals surface area contributed by atoms with Gasteiger partial charge in [-0.15, -0.1) is 0 Å². The molecule has 0 amide bonds. The molecule has 9 nitrogen and oxygen atoms in total. The van der Waals surface area contributed by atoms with E-state index in [0.717, 1.165) is 5.41 Å². The van der Waals surface area contributed by atoms with Gasteiger partial charge in [0.1, 0.15) is 12.4 Å². The first kappa shape index (κ1) is 15.3. The Hall–Kier alpha value is -2.07. The van der Waals surface area contributed by atoms with Crippen LogP contribution in [-0.4, -0.2) is 33.7 Å². The molecule has 1 atom stereocenters. The second-order valence-electron chi connectivity index (χ2n) is 5.42. The van der Waals surface area contributed by atoms with Crippen LogP contribution in [0.1, 0.15) is 32.7 Å². The first-order valence-electron chi connectivity index (χ1n) is 6.07. The first-order chi connectivity index (χ1) is 9.73. The quantitative estimate of drug-likeness (QED) is 0.843. The SMILES string of the molecule is C=CS(=O)(=O)NC(c1nc(-c2ncn[nH]2)no1)C(C)(C)C. The number of sulfonamides is 1. The lowest BCUT2D eigenvalue weighted by molar-refractivity contribution is 0.237. The monoisotopic (exact) mass is 312 g/mol. The highest BCUT2D eigenvalue weighted by molar-refractivity contribution is 7.92. The van der Waals surface area contributed by atoms with Gasteiger partial charge in [-0.25, -0.2) is 13.4 Å². The molecular weight excluding hydrogens is 296 g/mol. The van der Waals surface area contributed by atoms with Crippen LogP contribution >= 0.6 is 0 Å². The third-order valence-electron chi connectivity index (χ3n) is 2.68. The summed E-state index contributed by atoms with van der Waals surface area (Å²) >= 11 is 0. The summed E-state index contributed by atoms with van der Waals surface area (Å²) in [6.45, 7) is 8.81. The van der Waals surface area contributed by atoms with Crippen LogP contribution < -0.4 is 4.72 Å². The van der Waals surface area contributed by atoms with E-state index in [4.69, 9.17) is 4.52 Å². The molecule has 10 heteroatoms. The molecule has 1 unspecified atom stereocenters. The third-order valence-corrected chi connectivity index (χ3v) is 3.69. The fourth-order valence-corrected chi connectivity index (χ4v) is 2.45. The fourth-order valence-electron chi connectivity index (χ4n) is 1.57. The van der Waals surface area contributed by atoms with E-state index in [1.165, 1.54) is 6.33 Å². The van der Waals surface area contributed by atoms with Gasteiger partial charge in [-0.1, -0.05) is 32.5 Å². The van der Waals surface area contributed by atoms with Gasteiger partial charge in [-0.2, -0.15) is 14.8 Å². The smallest absolute Gasteiger partial charge is 0.245 e. The van der Waals surface area contributed by atoms with E-state index >= 15 is 0 Å². The van der Waals surface area contributed by atoms with Gasteiger partial charge in [-0.3, -0.25) is 5.10 Å². The molecule has 0 aliphatic carbocycles. The fraction of sp³-hybridized carbons (Fsp3) is 0.455. The Labute approximate surface area is 121 Å². The Balaban J connectivity index is 2.36. The van der Waals surface area contributed by atoms with Crippen molar-refractivity contribution < 1.29 is 12.9 Å². The minimum Gasteiger partial charge on any atom is -0.337 e. The van der Waals surface area contributed by atoms with Crippen molar-refractivity contribution in [1.29, 1.82) is 0 Å². The summed E-state index contributed by atoms with van der Waals surface area (Å²) < 4.78 is 31.1. The van der Waals surface area contributed by atoms with Crippen LogP contribution in [0.15, 0.2) is 22.8 Å². The van der Waals surface area contributed by atoms with Crippen molar-refractivity contribution in [2.45, 2.75) is 26.8 Å². The second-order valence-corrected chi connectivity index (χ2v) is 7.08. The van der Waals surface area contributed by atoms with Gasteiger partial charge in [0.05, 0.1) is 0 Å². The summed E-state index contributed by atoms with van der Waals surface area (Å²) in [5.41, 5.74) is -0.485. The Morgan fingerprint density at radius 3 is 2.71 bits per heavy atom. The molecule has 0 aliphatic rings. The average Bonchev–Trinajstić information content (AvgIpc) is 3.05. The molecule has 0 bridgehead atoms. The summed E-state index contributed by atoms with van der Waals surface area (Å²) in [6.07, 6.45) is 1.31. The van der Waals surface area contributed by atoms with Gasteiger partial charge in [0.15, 0.2) is 5.82 Å². The molecule has 2 aromatic rings. The molecule has 0 radical (unpaired) electrons. The summed E-state index contributed by atoms with van der Waals surface area (Å²) in [5, 5.41) is 10.9. The minimum absolute atomic E-state index is 0.138. The van der Waals surface area contributed by atoms with Crippen molar-refractivity contribution in [3.8, 4) is 11.6 Å². The number of nitrogens with zero attached hydrogens (tertiary/aromatic N) is 4. The molecule has 2 heterocycles. The van der Waals surface area contributed by atoms with E-state index in [-0.39, 0.29) is 11.7 Å². The van der Waals surface area contributed by atoms with Crippen molar-refractivity contribution in [3.63, 3.8) is 0 Å². The number of nitrogens with one attached hydrogen (secondary N) is 2. The maximum atomic E-state index is 11.7. The molecule has 0 fully saturated rings. The molecule has 114 valence electrons. The molecular formula is C11H16N6O3S. The summed E-state index contributed by atoms with van der Waals surface area (Å²) in [7, 11) is -3.64. The highest BCUT2D eigenvalue weighted by atomic mass is 32.2. The van der Waals surface area contributed by atoms with Crippen molar-refractivity contribution in [2.75, 3.05) is 0 Å². The number of hydrogen-bond acceptors (Lipinski definition) is 7. The zero-order valence-corrected chi connectivity index (χ0v) is 12.7. The molecule has 2 aromatic heterocycles. The molecule has 0 aliphatic heterocycles. The van der Waals surface area contributed by atoms with Crippen molar-refractivity contribution in [2.24, 2.45) is 5.41 Å². The predicted molar refractivity (Wildman–Crippen MR) is 74.1 cm³/mol. The lowest BCUT2D eigenvalue weighted by atomic mass is 9.87. The Morgan fingerprint density at radius 1 is 1.48 bits per heavy atom. The Bertz CT molecular complexity index is 713. The molecule has 2 N–H and O–H groups in total. The molecule has 0 spiro atoms. The number of aromatic nitrogens is 5. The van der Waals surface area contributed by atoms with Crippen molar-refractivity contribution >= 4 is 10.0 Å². The van der Waals surface area contributed by atoms with Crippen LogP contribution in [0.4, 0.5) is 0 Å². The zero-order valence-electron chi connectivity index (χ0n) is 11.9. The summed E-state index contributed by atoms with van der Waals surface area (Å²) in [6, 6.07) is -0.704. The van der Waals surface area contributed by atoms with Crippen molar-refractivity contribution in [1.82, 2.24) is 30.0 Å². The normalized spacial score (nSPS) is 14.0. The van der Waals surface area contributed by atoms with Gasteiger partial charge >= 0.3 is 0 Å². The predicted octanol–water partition coefficient (Wildman–Crippen LogP) is 1.00. The largest absolute Gasteiger partial charge is 0.337 e. The van der Waals surface area contributed by atoms with E-state index < -0.39 is 21.5 Å². The number of hydrogen-bond donors (Lipinski definition) is 2. The highest BCUT2D eigenvalue weighted by Gasteiger charge is 2.34. The maximum Gasteiger partial charge on any atom is 0.245 e. The Kier molecular flexibility index (Phi) is 3.92. The summed E-state index contributed by atoms with van der Waals surface area (Å²) in [5.74, 6) is 0.679. The van der Waals surface area contributed by atoms with Gasteiger partial charge < -0.3 is 4.52 Å². The van der Waals surface area contributed by atoms with Crippen LogP contribution in [0, 0.1) is 5.41 Å². The van der Waals surface area contributed by atoms with E-state index in [1.807, 2.05) is 20.8 Å². The summed E-state index contributed by atoms with van der Waals surface area (Å²) in [4.78, 5) is 8.07. The van der Waals surface area contributed by atoms with E-state index in [9.17, 15) is 8.42 Å². The average molecular weight is 312 g/mol. The lowest BCUT2D eigenvalue weighted by Gasteiger charge is -2.27. The van der Waals surface area contributed by atoms with E-state index in [0.29, 0.717) is 5.82 Å². The number of aromatic amines is 1. The topological polar surface area (TPSA) is 127 Å². The van der Waals surface area contributed by atoms with Gasteiger partial charge in [0.2, 0.25) is 21.7 Å². The zero-order chi connectivity index (χ0) is 15.7. The van der Waals surface area contributed by atoms with Crippen LogP contribution in [-0.2, 0) is 10.0 Å². The minimum atomic E-state index is -3.64. The van der Waals surface area contributed by atoms with Crippen LogP contribution in [0.25, 0.3) is 11.6 Å². The van der Waals surface area contributed by atoms with E-state index in [2.05, 4.69) is 36.6 Å². The maximum absolute atomic E-state index is 11.7. The molecule has 0 aromatic carbocycles. The first-order valence-corrected chi connectivity index (χ1v) is 7.61. The van der Waals surface area contributed by atoms with Gasteiger partial charge in [-0.05, 0) is 5.41 Å². The second kappa shape index (κ2) is 5.37. The molecule has 0 saturated heterocycles. The molecule has 21 heavy (non-hydrogen) atoms. The van der Waals surface area contributed by atoms with Gasteiger partial charge in [0.25, 0.3) is 0 Å². The highest BCUT2D eigenvalue weighted by Crippen LogP contribution is 2.33.